The lowest BCUT2D eigenvalue weighted by Crippen LogP contribution is -2.15. The van der Waals surface area contributed by atoms with Crippen molar-refractivity contribution in [3.63, 3.8) is 0 Å². The van der Waals surface area contributed by atoms with Crippen LogP contribution in [0.5, 0.6) is 11.5 Å². The summed E-state index contributed by atoms with van der Waals surface area (Å²) in [6, 6.07) is 17.2. The molecule has 0 saturated heterocycles. The zero-order valence-corrected chi connectivity index (χ0v) is 16.6. The van der Waals surface area contributed by atoms with Gasteiger partial charge in [-0.1, -0.05) is 17.7 Å². The highest BCUT2D eigenvalue weighted by atomic mass is 35.5. The Balaban J connectivity index is 1.60. The lowest BCUT2D eigenvalue weighted by molar-refractivity contribution is 0.101. The number of anilines is 3. The third kappa shape index (κ3) is 3.88. The SMILES string of the molecule is CN(C)c1cccc(C(=O)Nc2ccc3c(c2)C(=O)Nc2cc(Cl)ccc2O3)c1. The fourth-order valence-corrected chi connectivity index (χ4v) is 3.17. The van der Waals surface area contributed by atoms with Gasteiger partial charge in [-0.05, 0) is 54.6 Å². The predicted octanol–water partition coefficient (Wildman–Crippen LogP) is 5.02. The molecule has 29 heavy (non-hydrogen) atoms. The molecular formula is C22H18ClN3O3. The number of rotatable bonds is 3. The van der Waals surface area contributed by atoms with Crippen LogP contribution in [0.4, 0.5) is 17.1 Å². The summed E-state index contributed by atoms with van der Waals surface area (Å²) < 4.78 is 5.85. The number of nitrogens with one attached hydrogen (secondary N) is 2. The number of benzene rings is 3. The van der Waals surface area contributed by atoms with Crippen LogP contribution >= 0.6 is 11.6 Å². The highest BCUT2D eigenvalue weighted by molar-refractivity contribution is 6.31. The van der Waals surface area contributed by atoms with E-state index in [0.717, 1.165) is 5.69 Å². The third-order valence-corrected chi connectivity index (χ3v) is 4.75. The molecule has 0 aromatic heterocycles. The molecule has 0 bridgehead atoms. The molecule has 2 amide bonds. The Kier molecular flexibility index (Phi) is 4.86. The third-order valence-electron chi connectivity index (χ3n) is 4.52. The van der Waals surface area contributed by atoms with Crippen LogP contribution in [0.2, 0.25) is 5.02 Å². The molecule has 0 aliphatic carbocycles. The van der Waals surface area contributed by atoms with E-state index in [1.54, 1.807) is 48.5 Å². The Morgan fingerprint density at radius 3 is 2.62 bits per heavy atom. The number of carbonyl (C=O) groups excluding carboxylic acids is 2. The normalized spacial score (nSPS) is 12.0. The molecule has 0 unspecified atom stereocenters. The van der Waals surface area contributed by atoms with Crippen molar-refractivity contribution in [2.45, 2.75) is 0 Å². The number of ether oxygens (including phenoxy) is 1. The van der Waals surface area contributed by atoms with Crippen LogP contribution in [0.15, 0.2) is 60.7 Å². The summed E-state index contributed by atoms with van der Waals surface area (Å²) >= 11 is 6.00. The molecule has 7 heteroatoms. The van der Waals surface area contributed by atoms with Crippen molar-refractivity contribution in [2.24, 2.45) is 0 Å². The van der Waals surface area contributed by atoms with Crippen LogP contribution < -0.4 is 20.3 Å². The smallest absolute Gasteiger partial charge is 0.259 e. The Hall–Kier alpha value is -3.51. The van der Waals surface area contributed by atoms with E-state index in [-0.39, 0.29) is 11.8 Å². The van der Waals surface area contributed by atoms with E-state index in [2.05, 4.69) is 10.6 Å². The lowest BCUT2D eigenvalue weighted by atomic mass is 10.1. The molecule has 0 radical (unpaired) electrons. The minimum Gasteiger partial charge on any atom is -0.454 e. The molecule has 2 N–H and O–H groups in total. The standard InChI is InChI=1S/C22H18ClN3O3/c1-26(2)16-5-3-4-13(10-16)21(27)24-15-7-9-19-17(12-15)22(28)25-18-11-14(23)6-8-20(18)29-19/h3-12H,1-2H3,(H,24,27)(H,25,28). The number of hydrogen-bond donors (Lipinski definition) is 2. The zero-order valence-electron chi connectivity index (χ0n) is 15.8. The molecule has 0 fully saturated rings. The average Bonchev–Trinajstić information content (AvgIpc) is 2.83. The van der Waals surface area contributed by atoms with Gasteiger partial charge < -0.3 is 20.3 Å². The molecule has 0 saturated carbocycles. The van der Waals surface area contributed by atoms with E-state index < -0.39 is 0 Å². The van der Waals surface area contributed by atoms with E-state index in [1.807, 2.05) is 31.1 Å². The summed E-state index contributed by atoms with van der Waals surface area (Å²) in [6.07, 6.45) is 0. The van der Waals surface area contributed by atoms with Gasteiger partial charge in [-0.15, -0.1) is 0 Å². The highest BCUT2D eigenvalue weighted by Gasteiger charge is 2.22. The minimum atomic E-state index is -0.341. The Morgan fingerprint density at radius 1 is 1.03 bits per heavy atom. The predicted molar refractivity (Wildman–Crippen MR) is 115 cm³/mol. The van der Waals surface area contributed by atoms with E-state index in [1.165, 1.54) is 0 Å². The second-order valence-electron chi connectivity index (χ2n) is 6.81. The van der Waals surface area contributed by atoms with Crippen molar-refractivity contribution in [3.05, 3.63) is 76.8 Å². The van der Waals surface area contributed by atoms with Crippen LogP contribution in [0.25, 0.3) is 0 Å². The van der Waals surface area contributed by atoms with Crippen molar-refractivity contribution in [2.75, 3.05) is 29.6 Å². The molecule has 0 atom stereocenters. The first-order valence-electron chi connectivity index (χ1n) is 8.92. The summed E-state index contributed by atoms with van der Waals surface area (Å²) in [7, 11) is 3.82. The fraction of sp³-hybridized carbons (Fsp3) is 0.0909. The van der Waals surface area contributed by atoms with E-state index in [4.69, 9.17) is 16.3 Å². The molecule has 4 rings (SSSR count). The molecule has 146 valence electrons. The van der Waals surface area contributed by atoms with Gasteiger partial charge in [-0.2, -0.15) is 0 Å². The van der Waals surface area contributed by atoms with Crippen molar-refractivity contribution < 1.29 is 14.3 Å². The monoisotopic (exact) mass is 407 g/mol. The first-order chi connectivity index (χ1) is 13.9. The fourth-order valence-electron chi connectivity index (χ4n) is 3.00. The van der Waals surface area contributed by atoms with Gasteiger partial charge in [0.05, 0.1) is 11.3 Å². The van der Waals surface area contributed by atoms with Gasteiger partial charge in [-0.3, -0.25) is 9.59 Å². The van der Waals surface area contributed by atoms with Crippen LogP contribution in [0.3, 0.4) is 0 Å². The van der Waals surface area contributed by atoms with Gasteiger partial charge in [0.2, 0.25) is 0 Å². The van der Waals surface area contributed by atoms with Crippen LogP contribution in [0, 0.1) is 0 Å². The molecule has 3 aromatic rings. The molecule has 1 aliphatic heterocycles. The summed E-state index contributed by atoms with van der Waals surface area (Å²) in [6.45, 7) is 0. The number of hydrogen-bond acceptors (Lipinski definition) is 4. The molecule has 1 heterocycles. The van der Waals surface area contributed by atoms with Crippen LogP contribution in [-0.4, -0.2) is 25.9 Å². The first-order valence-corrected chi connectivity index (χ1v) is 9.30. The minimum absolute atomic E-state index is 0.265. The second kappa shape index (κ2) is 7.48. The maximum absolute atomic E-state index is 12.7. The number of fused-ring (bicyclic) bond motifs is 2. The first kappa shape index (κ1) is 18.8. The summed E-state index contributed by atoms with van der Waals surface area (Å²) in [5.74, 6) is 0.292. The summed E-state index contributed by atoms with van der Waals surface area (Å²) in [5, 5.41) is 6.11. The number of amides is 2. The van der Waals surface area contributed by atoms with Gasteiger partial charge in [0.1, 0.15) is 5.75 Å². The maximum atomic E-state index is 12.7. The number of nitrogens with zero attached hydrogens (tertiary/aromatic N) is 1. The number of halogens is 1. The Labute approximate surface area is 173 Å². The van der Waals surface area contributed by atoms with Gasteiger partial charge in [-0.25, -0.2) is 0 Å². The topological polar surface area (TPSA) is 70.7 Å². The average molecular weight is 408 g/mol. The van der Waals surface area contributed by atoms with E-state index in [9.17, 15) is 9.59 Å². The molecule has 6 nitrogen and oxygen atoms in total. The Bertz CT molecular complexity index is 1130. The van der Waals surface area contributed by atoms with Crippen LogP contribution in [-0.2, 0) is 0 Å². The van der Waals surface area contributed by atoms with Crippen molar-refractivity contribution in [1.29, 1.82) is 0 Å². The van der Waals surface area contributed by atoms with E-state index in [0.29, 0.717) is 39.0 Å². The van der Waals surface area contributed by atoms with Crippen molar-refractivity contribution >= 4 is 40.5 Å². The van der Waals surface area contributed by atoms with Gasteiger partial charge >= 0.3 is 0 Å². The second-order valence-corrected chi connectivity index (χ2v) is 7.24. The lowest BCUT2D eigenvalue weighted by Gasteiger charge is -2.14. The van der Waals surface area contributed by atoms with Crippen LogP contribution in [0.1, 0.15) is 20.7 Å². The molecule has 3 aromatic carbocycles. The van der Waals surface area contributed by atoms with Gasteiger partial charge in [0.15, 0.2) is 5.75 Å². The zero-order chi connectivity index (χ0) is 20.5. The Morgan fingerprint density at radius 2 is 1.83 bits per heavy atom. The van der Waals surface area contributed by atoms with Gasteiger partial charge in [0, 0.05) is 36.1 Å². The molecular weight excluding hydrogens is 390 g/mol. The number of carbonyl (C=O) groups is 2. The molecule has 1 aliphatic rings. The quantitative estimate of drug-likeness (QED) is 0.639. The van der Waals surface area contributed by atoms with Gasteiger partial charge in [0.25, 0.3) is 11.8 Å². The summed E-state index contributed by atoms with van der Waals surface area (Å²) in [5.41, 5.74) is 2.74. The van der Waals surface area contributed by atoms with Crippen molar-refractivity contribution in [1.82, 2.24) is 0 Å². The maximum Gasteiger partial charge on any atom is 0.259 e. The highest BCUT2D eigenvalue weighted by Crippen LogP contribution is 2.38. The van der Waals surface area contributed by atoms with E-state index >= 15 is 0 Å². The molecule has 0 spiro atoms. The van der Waals surface area contributed by atoms with Crippen molar-refractivity contribution in [3.8, 4) is 11.5 Å². The summed E-state index contributed by atoms with van der Waals surface area (Å²) in [4.78, 5) is 27.2. The largest absolute Gasteiger partial charge is 0.454 e.